The van der Waals surface area contributed by atoms with Gasteiger partial charge in [0.25, 0.3) is 0 Å². The molecule has 2 heterocycles. The highest BCUT2D eigenvalue weighted by atomic mass is 32.2. The van der Waals surface area contributed by atoms with Gasteiger partial charge in [-0.1, -0.05) is 0 Å². The van der Waals surface area contributed by atoms with Crippen molar-refractivity contribution in [2.75, 3.05) is 18.6 Å². The number of rotatable bonds is 4. The highest BCUT2D eigenvalue weighted by Crippen LogP contribution is 2.26. The quantitative estimate of drug-likeness (QED) is 0.881. The number of thiophene rings is 1. The van der Waals surface area contributed by atoms with Gasteiger partial charge < -0.3 is 4.90 Å². The average Bonchev–Trinajstić information content (AvgIpc) is 2.85. The molecular formula is C11H16N2O3S2. The Morgan fingerprint density at radius 1 is 1.50 bits per heavy atom. The molecule has 0 radical (unpaired) electrons. The first kappa shape index (κ1) is 13.5. The van der Waals surface area contributed by atoms with E-state index in [2.05, 4.69) is 5.32 Å². The molecule has 1 aliphatic heterocycles. The maximum Gasteiger partial charge on any atom is 0.241 e. The number of carbonyl (C=O) groups is 1. The van der Waals surface area contributed by atoms with Crippen LogP contribution in [0.3, 0.4) is 0 Å². The second-order valence-corrected chi connectivity index (χ2v) is 7.55. The zero-order valence-corrected chi connectivity index (χ0v) is 11.9. The first-order valence-electron chi connectivity index (χ1n) is 5.65. The van der Waals surface area contributed by atoms with E-state index < -0.39 is 9.84 Å². The third-order valence-corrected chi connectivity index (χ3v) is 4.56. The van der Waals surface area contributed by atoms with Gasteiger partial charge in [0.1, 0.15) is 16.0 Å². The number of nitrogens with zero attached hydrogens (tertiary/aromatic N) is 1. The van der Waals surface area contributed by atoms with Crippen LogP contribution in [0.4, 0.5) is 0 Å². The molecule has 1 saturated heterocycles. The van der Waals surface area contributed by atoms with E-state index >= 15 is 0 Å². The van der Waals surface area contributed by atoms with Crippen LogP contribution in [-0.2, 0) is 14.6 Å². The highest BCUT2D eigenvalue weighted by molar-refractivity contribution is 7.90. The van der Waals surface area contributed by atoms with Crippen molar-refractivity contribution >= 4 is 27.1 Å². The summed E-state index contributed by atoms with van der Waals surface area (Å²) in [4.78, 5) is 13.6. The van der Waals surface area contributed by atoms with E-state index in [4.69, 9.17) is 0 Å². The number of amides is 1. The van der Waals surface area contributed by atoms with E-state index in [0.717, 1.165) is 5.56 Å². The standard InChI is InChI=1S/C11H16N2O3S2/c1-8-11(14)13(4-6-18(2,15)16)10(12-8)9-3-5-17-7-9/h3,5,7-8,10,12H,4,6H2,1-2H3. The maximum atomic E-state index is 12.0. The summed E-state index contributed by atoms with van der Waals surface area (Å²) in [6.45, 7) is 2.03. The van der Waals surface area contributed by atoms with Gasteiger partial charge in [0.05, 0.1) is 11.8 Å². The molecule has 0 saturated carbocycles. The number of sulfone groups is 1. The summed E-state index contributed by atoms with van der Waals surface area (Å²) >= 11 is 1.56. The van der Waals surface area contributed by atoms with Crippen LogP contribution in [0.1, 0.15) is 18.7 Å². The van der Waals surface area contributed by atoms with Crippen LogP contribution >= 0.6 is 11.3 Å². The molecule has 1 amide bonds. The van der Waals surface area contributed by atoms with Crippen molar-refractivity contribution in [3.63, 3.8) is 0 Å². The van der Waals surface area contributed by atoms with Crippen molar-refractivity contribution in [1.29, 1.82) is 0 Å². The molecule has 1 aromatic heterocycles. The fourth-order valence-electron chi connectivity index (χ4n) is 1.98. The van der Waals surface area contributed by atoms with Gasteiger partial charge in [0.15, 0.2) is 0 Å². The van der Waals surface area contributed by atoms with Gasteiger partial charge in [-0.2, -0.15) is 11.3 Å². The Kier molecular flexibility index (Phi) is 3.74. The van der Waals surface area contributed by atoms with E-state index in [1.807, 2.05) is 16.8 Å². The van der Waals surface area contributed by atoms with E-state index in [1.165, 1.54) is 6.26 Å². The molecule has 7 heteroatoms. The molecule has 18 heavy (non-hydrogen) atoms. The lowest BCUT2D eigenvalue weighted by Gasteiger charge is -2.23. The third kappa shape index (κ3) is 2.90. The van der Waals surface area contributed by atoms with Gasteiger partial charge in [-0.25, -0.2) is 8.42 Å². The first-order valence-corrected chi connectivity index (χ1v) is 8.65. The van der Waals surface area contributed by atoms with Crippen LogP contribution in [-0.4, -0.2) is 43.8 Å². The SMILES string of the molecule is CC1NC(c2ccsc2)N(CCS(C)(=O)=O)C1=O. The summed E-state index contributed by atoms with van der Waals surface area (Å²) in [6.07, 6.45) is 0.977. The normalized spacial score (nSPS) is 24.8. The van der Waals surface area contributed by atoms with Crippen molar-refractivity contribution < 1.29 is 13.2 Å². The predicted molar refractivity (Wildman–Crippen MR) is 71.1 cm³/mol. The molecule has 2 unspecified atom stereocenters. The van der Waals surface area contributed by atoms with Crippen molar-refractivity contribution in [1.82, 2.24) is 10.2 Å². The third-order valence-electron chi connectivity index (χ3n) is 2.93. The molecule has 1 aliphatic rings. The summed E-state index contributed by atoms with van der Waals surface area (Å²) in [6, 6.07) is 1.68. The summed E-state index contributed by atoms with van der Waals surface area (Å²) in [5, 5.41) is 7.09. The Bertz CT molecular complexity index is 524. The average molecular weight is 288 g/mol. The van der Waals surface area contributed by atoms with Crippen molar-refractivity contribution in [3.8, 4) is 0 Å². The molecule has 1 N–H and O–H groups in total. The lowest BCUT2D eigenvalue weighted by molar-refractivity contribution is -0.129. The number of hydrogen-bond acceptors (Lipinski definition) is 5. The molecule has 0 aromatic carbocycles. The van der Waals surface area contributed by atoms with Crippen LogP contribution < -0.4 is 5.32 Å². The Labute approximate surface area is 111 Å². The molecule has 0 spiro atoms. The maximum absolute atomic E-state index is 12.0. The van der Waals surface area contributed by atoms with E-state index in [0.29, 0.717) is 0 Å². The van der Waals surface area contributed by atoms with Crippen LogP contribution in [0.25, 0.3) is 0 Å². The van der Waals surface area contributed by atoms with Crippen LogP contribution in [0.2, 0.25) is 0 Å². The molecule has 100 valence electrons. The lowest BCUT2D eigenvalue weighted by atomic mass is 10.2. The largest absolute Gasteiger partial charge is 0.321 e. The van der Waals surface area contributed by atoms with Gasteiger partial charge in [-0.15, -0.1) is 0 Å². The molecule has 2 atom stereocenters. The number of carbonyl (C=O) groups excluding carboxylic acids is 1. The minimum absolute atomic E-state index is 0.00617. The zero-order chi connectivity index (χ0) is 13.3. The van der Waals surface area contributed by atoms with Crippen molar-refractivity contribution in [3.05, 3.63) is 22.4 Å². The van der Waals surface area contributed by atoms with Crippen molar-refractivity contribution in [2.24, 2.45) is 0 Å². The molecule has 1 fully saturated rings. The highest BCUT2D eigenvalue weighted by Gasteiger charge is 2.37. The summed E-state index contributed by atoms with van der Waals surface area (Å²) in [5.41, 5.74) is 1.01. The van der Waals surface area contributed by atoms with E-state index in [9.17, 15) is 13.2 Å². The smallest absolute Gasteiger partial charge is 0.241 e. The van der Waals surface area contributed by atoms with E-state index in [1.54, 1.807) is 23.2 Å². The van der Waals surface area contributed by atoms with Gasteiger partial charge in [-0.05, 0) is 29.3 Å². The second kappa shape index (κ2) is 4.99. The summed E-state index contributed by atoms with van der Waals surface area (Å²) in [5.74, 6) is -0.0526. The Hall–Kier alpha value is -0.920. The molecule has 1 aromatic rings. The Morgan fingerprint density at radius 3 is 2.78 bits per heavy atom. The Morgan fingerprint density at radius 2 is 2.22 bits per heavy atom. The molecular weight excluding hydrogens is 272 g/mol. The molecule has 5 nitrogen and oxygen atoms in total. The minimum atomic E-state index is -3.06. The second-order valence-electron chi connectivity index (χ2n) is 4.51. The summed E-state index contributed by atoms with van der Waals surface area (Å²) in [7, 11) is -3.06. The fraction of sp³-hybridized carbons (Fsp3) is 0.545. The van der Waals surface area contributed by atoms with Gasteiger partial charge in [0.2, 0.25) is 5.91 Å². The monoisotopic (exact) mass is 288 g/mol. The van der Waals surface area contributed by atoms with Crippen molar-refractivity contribution in [2.45, 2.75) is 19.1 Å². The van der Waals surface area contributed by atoms with Gasteiger partial charge in [-0.3, -0.25) is 10.1 Å². The van der Waals surface area contributed by atoms with Gasteiger partial charge >= 0.3 is 0 Å². The number of nitrogens with one attached hydrogen (secondary N) is 1. The minimum Gasteiger partial charge on any atom is -0.321 e. The van der Waals surface area contributed by atoms with Crippen LogP contribution in [0.5, 0.6) is 0 Å². The van der Waals surface area contributed by atoms with E-state index in [-0.39, 0.29) is 30.4 Å². The lowest BCUT2D eigenvalue weighted by Crippen LogP contribution is -2.34. The molecule has 2 rings (SSSR count). The predicted octanol–water partition coefficient (Wildman–Crippen LogP) is 0.612. The summed E-state index contributed by atoms with van der Waals surface area (Å²) < 4.78 is 22.4. The van der Waals surface area contributed by atoms with Crippen LogP contribution in [0, 0.1) is 0 Å². The first-order chi connectivity index (χ1) is 8.38. The topological polar surface area (TPSA) is 66.5 Å². The number of hydrogen-bond donors (Lipinski definition) is 1. The van der Waals surface area contributed by atoms with Crippen LogP contribution in [0.15, 0.2) is 16.8 Å². The zero-order valence-electron chi connectivity index (χ0n) is 10.3. The Balaban J connectivity index is 2.16. The molecule has 0 aliphatic carbocycles. The van der Waals surface area contributed by atoms with Gasteiger partial charge in [0, 0.05) is 12.8 Å². The fourth-order valence-corrected chi connectivity index (χ4v) is 3.19. The molecule has 0 bridgehead atoms.